The third kappa shape index (κ3) is 5.24. The number of hydrogen-bond donors (Lipinski definition) is 0. The number of ether oxygens (including phenoxy) is 1. The molecule has 1 unspecified atom stereocenters. The van der Waals surface area contributed by atoms with E-state index in [0.29, 0.717) is 41.9 Å². The number of likely N-dealkylation sites (N-methyl/N-ethyl adjacent to an activating group) is 1. The zero-order chi connectivity index (χ0) is 27.0. The molecule has 1 aliphatic heterocycles. The fourth-order valence-corrected chi connectivity index (χ4v) is 4.61. The molecule has 1 aromatic carbocycles. The average Bonchev–Trinajstić information content (AvgIpc) is 3.51. The van der Waals surface area contributed by atoms with Crippen LogP contribution in [0.2, 0.25) is 5.15 Å². The van der Waals surface area contributed by atoms with Crippen molar-refractivity contribution >= 4 is 34.4 Å². The molecule has 38 heavy (non-hydrogen) atoms. The summed E-state index contributed by atoms with van der Waals surface area (Å²) in [5, 5.41) is 5.65. The lowest BCUT2D eigenvalue weighted by Gasteiger charge is -2.24. The number of anilines is 1. The molecule has 1 saturated heterocycles. The highest BCUT2D eigenvalue weighted by atomic mass is 35.5. The summed E-state index contributed by atoms with van der Waals surface area (Å²) < 4.78 is 35.1. The van der Waals surface area contributed by atoms with Crippen molar-refractivity contribution in [1.82, 2.24) is 29.6 Å². The van der Waals surface area contributed by atoms with Crippen molar-refractivity contribution in [3.05, 3.63) is 70.9 Å². The summed E-state index contributed by atoms with van der Waals surface area (Å²) in [7, 11) is 1.72. The van der Waals surface area contributed by atoms with Crippen molar-refractivity contribution in [2.75, 3.05) is 25.0 Å². The first kappa shape index (κ1) is 25.8. The van der Waals surface area contributed by atoms with E-state index in [1.54, 1.807) is 37.2 Å². The molecule has 3 aromatic heterocycles. The molecule has 12 heteroatoms. The first-order valence-corrected chi connectivity index (χ1v) is 12.4. The topological polar surface area (TPSA) is 89.3 Å². The number of pyridine rings is 1. The number of benzene rings is 1. The molecule has 0 bridgehead atoms. The van der Waals surface area contributed by atoms with Crippen LogP contribution in [0.4, 0.5) is 19.4 Å². The average molecular weight is 542 g/mol. The van der Waals surface area contributed by atoms with E-state index < -0.39 is 17.8 Å². The Bertz CT molecular complexity index is 1480. The molecule has 9 nitrogen and oxygen atoms in total. The molecule has 4 aromatic rings. The number of nitrogens with zero attached hydrogens (tertiary/aromatic N) is 7. The van der Waals surface area contributed by atoms with E-state index in [1.807, 2.05) is 35.2 Å². The maximum atomic E-state index is 14.1. The summed E-state index contributed by atoms with van der Waals surface area (Å²) >= 11 is 6.18. The van der Waals surface area contributed by atoms with E-state index in [2.05, 4.69) is 15.0 Å². The molecule has 0 radical (unpaired) electrons. The number of amides is 1. The van der Waals surface area contributed by atoms with Gasteiger partial charge in [0.25, 0.3) is 0 Å². The SMILES string of the molecule is Cc1cc(-n2nc(N3CCC(N(C)C(=O)OCc4ccccc4)C3)c3cnc(Cl)cc32)nc(C(C)(F)F)n1. The van der Waals surface area contributed by atoms with Crippen molar-refractivity contribution in [2.45, 2.75) is 38.8 Å². The van der Waals surface area contributed by atoms with E-state index in [-0.39, 0.29) is 23.6 Å². The highest BCUT2D eigenvalue weighted by molar-refractivity contribution is 6.30. The molecule has 0 aliphatic carbocycles. The predicted octanol–water partition coefficient (Wildman–Crippen LogP) is 5.13. The molecule has 5 rings (SSSR count). The fraction of sp³-hybridized carbons (Fsp3) is 0.346. The molecule has 0 N–H and O–H groups in total. The Balaban J connectivity index is 1.40. The third-order valence-electron chi connectivity index (χ3n) is 6.47. The summed E-state index contributed by atoms with van der Waals surface area (Å²) in [6, 6.07) is 12.6. The van der Waals surface area contributed by atoms with E-state index >= 15 is 0 Å². The summed E-state index contributed by atoms with van der Waals surface area (Å²) in [5.74, 6) is -3.01. The van der Waals surface area contributed by atoms with E-state index in [9.17, 15) is 13.6 Å². The maximum Gasteiger partial charge on any atom is 0.410 e. The lowest BCUT2D eigenvalue weighted by Crippen LogP contribution is -2.39. The molecule has 1 aliphatic rings. The molecule has 0 spiro atoms. The van der Waals surface area contributed by atoms with Gasteiger partial charge in [-0.15, -0.1) is 5.10 Å². The Hall–Kier alpha value is -3.86. The van der Waals surface area contributed by atoms with Gasteiger partial charge in [0.2, 0.25) is 5.82 Å². The van der Waals surface area contributed by atoms with Crippen molar-refractivity contribution < 1.29 is 18.3 Å². The van der Waals surface area contributed by atoms with Crippen LogP contribution in [0.3, 0.4) is 0 Å². The van der Waals surface area contributed by atoms with Gasteiger partial charge in [0.05, 0.1) is 16.9 Å². The minimum absolute atomic E-state index is 0.106. The number of halogens is 3. The molecule has 0 saturated carbocycles. The smallest absolute Gasteiger partial charge is 0.410 e. The van der Waals surface area contributed by atoms with Crippen molar-refractivity contribution in [3.8, 4) is 5.82 Å². The standard InChI is InChI=1S/C26H26ClF2N7O2/c1-16-11-22(32-24(31-16)26(2,28)29)36-20-12-21(27)30-13-19(20)23(33-36)35-10-9-18(14-35)34(3)25(37)38-15-17-7-5-4-6-8-17/h4-8,11-13,18H,9-10,14-15H2,1-3H3. The quantitative estimate of drug-likeness (QED) is 0.313. The summed E-state index contributed by atoms with van der Waals surface area (Å²) in [5.41, 5.74) is 1.87. The molecule has 1 atom stereocenters. The number of alkyl halides is 2. The number of carbonyl (C=O) groups excluding carboxylic acids is 1. The zero-order valence-corrected chi connectivity index (χ0v) is 21.9. The van der Waals surface area contributed by atoms with Gasteiger partial charge < -0.3 is 14.5 Å². The predicted molar refractivity (Wildman–Crippen MR) is 139 cm³/mol. The van der Waals surface area contributed by atoms with E-state index in [1.165, 1.54) is 4.68 Å². The van der Waals surface area contributed by atoms with Gasteiger partial charge in [0.1, 0.15) is 11.8 Å². The summed E-state index contributed by atoms with van der Waals surface area (Å²) in [6.45, 7) is 3.70. The van der Waals surface area contributed by atoms with Crippen LogP contribution in [0.1, 0.15) is 30.4 Å². The van der Waals surface area contributed by atoms with Crippen LogP contribution in [0.15, 0.2) is 48.7 Å². The molecule has 4 heterocycles. The molecule has 1 fully saturated rings. The Morgan fingerprint density at radius 3 is 2.74 bits per heavy atom. The fourth-order valence-electron chi connectivity index (χ4n) is 4.46. The zero-order valence-electron chi connectivity index (χ0n) is 21.1. The lowest BCUT2D eigenvalue weighted by molar-refractivity contribution is 0.00746. The first-order valence-electron chi connectivity index (χ1n) is 12.1. The van der Waals surface area contributed by atoms with Gasteiger partial charge in [-0.3, -0.25) is 0 Å². The van der Waals surface area contributed by atoms with Crippen molar-refractivity contribution in [1.29, 1.82) is 0 Å². The van der Waals surface area contributed by atoms with Gasteiger partial charge in [-0.05, 0) is 18.9 Å². The largest absolute Gasteiger partial charge is 0.445 e. The third-order valence-corrected chi connectivity index (χ3v) is 6.67. The second-order valence-electron chi connectivity index (χ2n) is 9.38. The Kier molecular flexibility index (Phi) is 6.87. The van der Waals surface area contributed by atoms with Gasteiger partial charge in [-0.1, -0.05) is 41.9 Å². The van der Waals surface area contributed by atoms with Crippen LogP contribution in [-0.4, -0.2) is 61.9 Å². The summed E-state index contributed by atoms with van der Waals surface area (Å²) in [6.07, 6.45) is 1.89. The lowest BCUT2D eigenvalue weighted by atomic mass is 10.2. The highest BCUT2D eigenvalue weighted by Gasteiger charge is 2.33. The molecule has 1 amide bonds. The number of aryl methyl sites for hydroxylation is 1. The van der Waals surface area contributed by atoms with Gasteiger partial charge in [0, 0.05) is 51.1 Å². The number of hydrogen-bond acceptors (Lipinski definition) is 7. The molecular weight excluding hydrogens is 516 g/mol. The van der Waals surface area contributed by atoms with Crippen LogP contribution < -0.4 is 4.90 Å². The second-order valence-corrected chi connectivity index (χ2v) is 9.77. The number of carbonyl (C=O) groups is 1. The number of fused-ring (bicyclic) bond motifs is 1. The van der Waals surface area contributed by atoms with Crippen LogP contribution in [0.5, 0.6) is 0 Å². The molecular formula is C26H26ClF2N7O2. The van der Waals surface area contributed by atoms with Crippen molar-refractivity contribution in [2.24, 2.45) is 0 Å². The Morgan fingerprint density at radius 1 is 1.24 bits per heavy atom. The van der Waals surface area contributed by atoms with Gasteiger partial charge >= 0.3 is 12.0 Å². The van der Waals surface area contributed by atoms with Crippen LogP contribution in [-0.2, 0) is 17.3 Å². The van der Waals surface area contributed by atoms with E-state index in [4.69, 9.17) is 21.4 Å². The highest BCUT2D eigenvalue weighted by Crippen LogP contribution is 2.33. The Morgan fingerprint density at radius 2 is 2.00 bits per heavy atom. The normalized spacial score (nSPS) is 15.7. The van der Waals surface area contributed by atoms with Crippen LogP contribution in [0.25, 0.3) is 16.7 Å². The monoisotopic (exact) mass is 541 g/mol. The minimum atomic E-state index is -3.21. The van der Waals surface area contributed by atoms with Crippen LogP contribution in [0, 0.1) is 6.92 Å². The number of aromatic nitrogens is 5. The van der Waals surface area contributed by atoms with Gasteiger partial charge in [-0.2, -0.15) is 8.78 Å². The first-order chi connectivity index (χ1) is 18.1. The van der Waals surface area contributed by atoms with Crippen LogP contribution >= 0.6 is 11.6 Å². The maximum absolute atomic E-state index is 14.1. The van der Waals surface area contributed by atoms with Gasteiger partial charge in [0.15, 0.2) is 11.6 Å². The van der Waals surface area contributed by atoms with Crippen molar-refractivity contribution in [3.63, 3.8) is 0 Å². The van der Waals surface area contributed by atoms with Gasteiger partial charge in [-0.25, -0.2) is 24.4 Å². The Labute approximate surface area is 223 Å². The summed E-state index contributed by atoms with van der Waals surface area (Å²) in [4.78, 5) is 28.5. The molecule has 198 valence electrons. The second kappa shape index (κ2) is 10.1. The minimum Gasteiger partial charge on any atom is -0.445 e. The number of rotatable bonds is 6. The van der Waals surface area contributed by atoms with E-state index in [0.717, 1.165) is 12.5 Å².